The van der Waals surface area contributed by atoms with Gasteiger partial charge in [0.25, 0.3) is 5.91 Å². The molecule has 6 heteroatoms. The molecule has 2 aromatic heterocycles. The number of hydrogen-bond donors (Lipinski definition) is 1. The minimum absolute atomic E-state index is 0.216. The first-order chi connectivity index (χ1) is 10.2. The number of benzene rings is 1. The third kappa shape index (κ3) is 2.75. The summed E-state index contributed by atoms with van der Waals surface area (Å²) in [5, 5.41) is 3.68. The number of furan rings is 1. The summed E-state index contributed by atoms with van der Waals surface area (Å²) in [6.45, 7) is 0. The molecule has 0 spiro atoms. The Morgan fingerprint density at radius 1 is 1.33 bits per heavy atom. The van der Waals surface area contributed by atoms with Gasteiger partial charge in [-0.3, -0.25) is 9.78 Å². The molecule has 0 fully saturated rings. The van der Waals surface area contributed by atoms with Crippen molar-refractivity contribution in [3.05, 3.63) is 53.0 Å². The minimum atomic E-state index is -0.346. The molecule has 0 saturated heterocycles. The van der Waals surface area contributed by atoms with Crippen LogP contribution in [0, 0.1) is 0 Å². The minimum Gasteiger partial charge on any atom is -0.497 e. The Morgan fingerprint density at radius 3 is 2.90 bits per heavy atom. The molecule has 2 heterocycles. The summed E-state index contributed by atoms with van der Waals surface area (Å²) in [7, 11) is 1.58. The smallest absolute Gasteiger partial charge is 0.291 e. The zero-order valence-corrected chi connectivity index (χ0v) is 12.7. The SMILES string of the molecule is COc1cc(NC(=O)c2ccc(Br)o2)c2ncccc2c1. The maximum absolute atomic E-state index is 12.2. The summed E-state index contributed by atoms with van der Waals surface area (Å²) >= 11 is 3.17. The summed E-state index contributed by atoms with van der Waals surface area (Å²) in [6.07, 6.45) is 1.67. The molecule has 0 atom stereocenters. The van der Waals surface area contributed by atoms with Crippen molar-refractivity contribution in [2.75, 3.05) is 12.4 Å². The number of nitrogens with zero attached hydrogens (tertiary/aromatic N) is 1. The molecule has 5 nitrogen and oxygen atoms in total. The number of hydrogen-bond acceptors (Lipinski definition) is 4. The average Bonchev–Trinajstić information content (AvgIpc) is 2.93. The van der Waals surface area contributed by atoms with Gasteiger partial charge in [-0.05, 0) is 40.2 Å². The van der Waals surface area contributed by atoms with Gasteiger partial charge in [0, 0.05) is 17.6 Å². The van der Waals surface area contributed by atoms with Crippen molar-refractivity contribution in [3.63, 3.8) is 0 Å². The van der Waals surface area contributed by atoms with E-state index in [1.54, 1.807) is 31.5 Å². The number of aromatic nitrogens is 1. The Morgan fingerprint density at radius 2 is 2.19 bits per heavy atom. The number of anilines is 1. The van der Waals surface area contributed by atoms with Crippen LogP contribution in [0.2, 0.25) is 0 Å². The highest BCUT2D eigenvalue weighted by atomic mass is 79.9. The van der Waals surface area contributed by atoms with Gasteiger partial charge < -0.3 is 14.5 Å². The van der Waals surface area contributed by atoms with Crippen LogP contribution in [0.5, 0.6) is 5.75 Å². The van der Waals surface area contributed by atoms with E-state index < -0.39 is 0 Å². The van der Waals surface area contributed by atoms with E-state index in [4.69, 9.17) is 9.15 Å². The quantitative estimate of drug-likeness (QED) is 0.782. The summed E-state index contributed by atoms with van der Waals surface area (Å²) in [5.41, 5.74) is 1.26. The monoisotopic (exact) mass is 346 g/mol. The number of methoxy groups -OCH3 is 1. The number of halogens is 1. The summed E-state index contributed by atoms with van der Waals surface area (Å²) < 4.78 is 11.0. The molecule has 106 valence electrons. The lowest BCUT2D eigenvalue weighted by Gasteiger charge is -2.09. The second-order valence-corrected chi connectivity index (χ2v) is 5.09. The van der Waals surface area contributed by atoms with E-state index in [9.17, 15) is 4.79 Å². The fraction of sp³-hybridized carbons (Fsp3) is 0.0667. The van der Waals surface area contributed by atoms with Crippen LogP contribution in [-0.4, -0.2) is 18.0 Å². The fourth-order valence-electron chi connectivity index (χ4n) is 2.00. The van der Waals surface area contributed by atoms with Crippen LogP contribution in [0.15, 0.2) is 51.7 Å². The van der Waals surface area contributed by atoms with Gasteiger partial charge in [0.05, 0.1) is 18.3 Å². The van der Waals surface area contributed by atoms with Crippen molar-refractivity contribution < 1.29 is 13.9 Å². The number of pyridine rings is 1. The zero-order valence-electron chi connectivity index (χ0n) is 11.1. The van der Waals surface area contributed by atoms with Gasteiger partial charge in [0.15, 0.2) is 10.4 Å². The van der Waals surface area contributed by atoms with Crippen LogP contribution in [0.1, 0.15) is 10.6 Å². The van der Waals surface area contributed by atoms with Crippen LogP contribution >= 0.6 is 15.9 Å². The molecule has 0 aliphatic rings. The van der Waals surface area contributed by atoms with E-state index in [1.807, 2.05) is 18.2 Å². The number of ether oxygens (including phenoxy) is 1. The van der Waals surface area contributed by atoms with Gasteiger partial charge in [0.2, 0.25) is 0 Å². The Balaban J connectivity index is 2.01. The molecule has 3 aromatic rings. The summed E-state index contributed by atoms with van der Waals surface area (Å²) in [5.74, 6) is 0.515. The van der Waals surface area contributed by atoms with Crippen molar-refractivity contribution in [2.45, 2.75) is 0 Å². The maximum atomic E-state index is 12.2. The molecule has 0 saturated carbocycles. The number of carbonyl (C=O) groups excluding carboxylic acids is 1. The molecule has 1 aromatic carbocycles. The van der Waals surface area contributed by atoms with E-state index in [0.29, 0.717) is 21.6 Å². The lowest BCUT2D eigenvalue weighted by Crippen LogP contribution is -2.11. The predicted molar refractivity (Wildman–Crippen MR) is 82.7 cm³/mol. The van der Waals surface area contributed by atoms with Crippen LogP contribution < -0.4 is 10.1 Å². The van der Waals surface area contributed by atoms with Gasteiger partial charge >= 0.3 is 0 Å². The zero-order chi connectivity index (χ0) is 14.8. The first kappa shape index (κ1) is 13.6. The summed E-state index contributed by atoms with van der Waals surface area (Å²) in [6, 6.07) is 10.6. The Hall–Kier alpha value is -2.34. The van der Waals surface area contributed by atoms with Gasteiger partial charge in [-0.25, -0.2) is 0 Å². The molecule has 0 bridgehead atoms. The highest BCUT2D eigenvalue weighted by Crippen LogP contribution is 2.28. The number of rotatable bonds is 3. The fourth-order valence-corrected chi connectivity index (χ4v) is 2.30. The summed E-state index contributed by atoms with van der Waals surface area (Å²) in [4.78, 5) is 16.5. The average molecular weight is 347 g/mol. The molecule has 21 heavy (non-hydrogen) atoms. The predicted octanol–water partition coefficient (Wildman–Crippen LogP) is 3.85. The normalized spacial score (nSPS) is 10.6. The second-order valence-electron chi connectivity index (χ2n) is 4.31. The van der Waals surface area contributed by atoms with Crippen LogP contribution in [0.25, 0.3) is 10.9 Å². The molecule has 0 radical (unpaired) electrons. The van der Waals surface area contributed by atoms with Crippen LogP contribution in [0.3, 0.4) is 0 Å². The Kier molecular flexibility index (Phi) is 3.62. The van der Waals surface area contributed by atoms with E-state index in [-0.39, 0.29) is 11.7 Å². The maximum Gasteiger partial charge on any atom is 0.291 e. The van der Waals surface area contributed by atoms with E-state index in [1.165, 1.54) is 0 Å². The van der Waals surface area contributed by atoms with Gasteiger partial charge in [0.1, 0.15) is 5.75 Å². The number of amides is 1. The number of nitrogens with one attached hydrogen (secondary N) is 1. The van der Waals surface area contributed by atoms with Crippen molar-refractivity contribution in [1.82, 2.24) is 4.98 Å². The highest BCUT2D eigenvalue weighted by Gasteiger charge is 2.13. The Bertz CT molecular complexity index is 814. The van der Waals surface area contributed by atoms with Crippen LogP contribution in [0.4, 0.5) is 5.69 Å². The highest BCUT2D eigenvalue weighted by molar-refractivity contribution is 9.10. The number of carbonyl (C=O) groups is 1. The van der Waals surface area contributed by atoms with E-state index in [2.05, 4.69) is 26.2 Å². The third-order valence-electron chi connectivity index (χ3n) is 2.96. The second kappa shape index (κ2) is 5.57. The van der Waals surface area contributed by atoms with Crippen molar-refractivity contribution in [2.24, 2.45) is 0 Å². The van der Waals surface area contributed by atoms with Gasteiger partial charge in [-0.15, -0.1) is 0 Å². The molecule has 0 aliphatic heterocycles. The number of fused-ring (bicyclic) bond motifs is 1. The first-order valence-corrected chi connectivity index (χ1v) is 6.96. The van der Waals surface area contributed by atoms with Gasteiger partial charge in [-0.1, -0.05) is 6.07 Å². The van der Waals surface area contributed by atoms with Gasteiger partial charge in [-0.2, -0.15) is 0 Å². The topological polar surface area (TPSA) is 64.4 Å². The third-order valence-corrected chi connectivity index (χ3v) is 3.39. The molecule has 1 amide bonds. The molecule has 3 rings (SSSR count). The standard InChI is InChI=1S/C15H11BrN2O3/c1-20-10-7-9-3-2-6-17-14(9)11(8-10)18-15(19)12-4-5-13(16)21-12/h2-8H,1H3,(H,18,19). The molecule has 0 aliphatic carbocycles. The van der Waals surface area contributed by atoms with E-state index in [0.717, 1.165) is 5.39 Å². The first-order valence-electron chi connectivity index (χ1n) is 6.17. The lowest BCUT2D eigenvalue weighted by molar-refractivity contribution is 0.0995. The molecule has 1 N–H and O–H groups in total. The van der Waals surface area contributed by atoms with Crippen molar-refractivity contribution in [1.29, 1.82) is 0 Å². The Labute approximate surface area is 129 Å². The molecule has 0 unspecified atom stereocenters. The lowest BCUT2D eigenvalue weighted by atomic mass is 10.1. The largest absolute Gasteiger partial charge is 0.497 e. The van der Waals surface area contributed by atoms with Crippen molar-refractivity contribution >= 4 is 38.4 Å². The van der Waals surface area contributed by atoms with E-state index >= 15 is 0 Å². The molecular formula is C15H11BrN2O3. The molecular weight excluding hydrogens is 336 g/mol. The van der Waals surface area contributed by atoms with Crippen molar-refractivity contribution in [3.8, 4) is 5.75 Å². The van der Waals surface area contributed by atoms with Crippen LogP contribution in [-0.2, 0) is 0 Å².